The smallest absolute Gasteiger partial charge is 0.289 e. The van der Waals surface area contributed by atoms with Gasteiger partial charge in [-0.15, -0.1) is 11.3 Å². The molecule has 0 saturated carbocycles. The molecule has 0 saturated heterocycles. The maximum Gasteiger partial charge on any atom is 0.289 e. The number of anilines is 1. The zero-order valence-corrected chi connectivity index (χ0v) is 13.6. The maximum atomic E-state index is 10.8. The van der Waals surface area contributed by atoms with Crippen LogP contribution in [0.25, 0.3) is 0 Å². The highest BCUT2D eigenvalue weighted by Crippen LogP contribution is 2.28. The van der Waals surface area contributed by atoms with Crippen LogP contribution in [-0.2, 0) is 12.0 Å². The van der Waals surface area contributed by atoms with Gasteiger partial charge in [-0.25, -0.2) is 4.98 Å². The van der Waals surface area contributed by atoms with E-state index in [9.17, 15) is 10.1 Å². The van der Waals surface area contributed by atoms with Gasteiger partial charge in [0.1, 0.15) is 5.02 Å². The van der Waals surface area contributed by atoms with Crippen LogP contribution in [0.15, 0.2) is 23.6 Å². The van der Waals surface area contributed by atoms with Crippen LogP contribution < -0.4 is 5.32 Å². The lowest BCUT2D eigenvalue weighted by Gasteiger charge is -2.13. The Kier molecular flexibility index (Phi) is 4.49. The van der Waals surface area contributed by atoms with E-state index in [0.29, 0.717) is 12.2 Å². The number of rotatable bonds is 4. The van der Waals surface area contributed by atoms with Gasteiger partial charge >= 0.3 is 0 Å². The normalized spacial score (nSPS) is 11.4. The lowest BCUT2D eigenvalue weighted by Crippen LogP contribution is -2.11. The summed E-state index contributed by atoms with van der Waals surface area (Å²) in [6.07, 6.45) is 0. The molecule has 1 aromatic heterocycles. The Balaban J connectivity index is 2.08. The molecule has 5 nitrogen and oxygen atoms in total. The van der Waals surface area contributed by atoms with Crippen LogP contribution in [0.3, 0.4) is 0 Å². The van der Waals surface area contributed by atoms with Crippen molar-refractivity contribution in [1.82, 2.24) is 4.98 Å². The maximum absolute atomic E-state index is 10.8. The van der Waals surface area contributed by atoms with Crippen molar-refractivity contribution in [3.05, 3.63) is 49.4 Å². The fourth-order valence-corrected chi connectivity index (χ4v) is 2.78. The zero-order chi connectivity index (χ0) is 15.6. The van der Waals surface area contributed by atoms with E-state index in [0.717, 1.165) is 10.7 Å². The molecule has 21 heavy (non-hydrogen) atoms. The fraction of sp³-hybridized carbons (Fsp3) is 0.357. The minimum atomic E-state index is -0.492. The minimum absolute atomic E-state index is 0.0297. The Morgan fingerprint density at radius 2 is 2.14 bits per heavy atom. The van der Waals surface area contributed by atoms with Gasteiger partial charge in [-0.1, -0.05) is 32.4 Å². The van der Waals surface area contributed by atoms with E-state index in [1.54, 1.807) is 17.4 Å². The van der Waals surface area contributed by atoms with Crippen LogP contribution in [0.1, 0.15) is 31.5 Å². The van der Waals surface area contributed by atoms with E-state index >= 15 is 0 Å². The Morgan fingerprint density at radius 1 is 1.43 bits per heavy atom. The van der Waals surface area contributed by atoms with Gasteiger partial charge in [-0.3, -0.25) is 10.1 Å². The van der Waals surface area contributed by atoms with Crippen molar-refractivity contribution in [3.63, 3.8) is 0 Å². The standard InChI is InChI=1S/C14H16ClN3O2S/c1-14(2,3)13-17-10(8-21-13)7-16-9-4-5-11(15)12(6-9)18(19)20/h4-6,8,16H,7H2,1-3H3. The molecule has 0 fully saturated rings. The SMILES string of the molecule is CC(C)(C)c1nc(CNc2ccc(Cl)c([N+](=O)[O-])c2)cs1. The van der Waals surface area contributed by atoms with Crippen LogP contribution in [0, 0.1) is 10.1 Å². The number of hydrogen-bond donors (Lipinski definition) is 1. The largest absolute Gasteiger partial charge is 0.379 e. The second kappa shape index (κ2) is 5.99. The molecule has 1 heterocycles. The summed E-state index contributed by atoms with van der Waals surface area (Å²) in [7, 11) is 0. The van der Waals surface area contributed by atoms with E-state index in [-0.39, 0.29) is 16.1 Å². The number of nitro groups is 1. The van der Waals surface area contributed by atoms with E-state index in [1.807, 2.05) is 5.38 Å². The first-order valence-corrected chi connectivity index (χ1v) is 7.66. The highest BCUT2D eigenvalue weighted by Gasteiger charge is 2.18. The third-order valence-electron chi connectivity index (χ3n) is 2.81. The zero-order valence-electron chi connectivity index (χ0n) is 12.0. The van der Waals surface area contributed by atoms with Crippen molar-refractivity contribution in [2.75, 3.05) is 5.32 Å². The Hall–Kier alpha value is -1.66. The summed E-state index contributed by atoms with van der Waals surface area (Å²) in [6.45, 7) is 6.87. The summed E-state index contributed by atoms with van der Waals surface area (Å²) in [6, 6.07) is 4.66. The molecule has 1 aromatic carbocycles. The Bertz CT molecular complexity index is 664. The van der Waals surface area contributed by atoms with Crippen molar-refractivity contribution < 1.29 is 4.92 Å². The number of nitrogens with zero attached hydrogens (tertiary/aromatic N) is 2. The van der Waals surface area contributed by atoms with Gasteiger partial charge in [0.15, 0.2) is 0 Å². The number of nitro benzene ring substituents is 1. The fourth-order valence-electron chi connectivity index (χ4n) is 1.69. The summed E-state index contributed by atoms with van der Waals surface area (Å²) in [5.74, 6) is 0. The van der Waals surface area contributed by atoms with Gasteiger partial charge in [0, 0.05) is 22.5 Å². The summed E-state index contributed by atoms with van der Waals surface area (Å²) in [5.41, 5.74) is 1.50. The molecule has 0 unspecified atom stereocenters. The predicted molar refractivity (Wildman–Crippen MR) is 86.2 cm³/mol. The number of benzene rings is 1. The number of halogens is 1. The van der Waals surface area contributed by atoms with E-state index in [2.05, 4.69) is 31.1 Å². The molecule has 112 valence electrons. The van der Waals surface area contributed by atoms with Crippen LogP contribution in [-0.4, -0.2) is 9.91 Å². The van der Waals surface area contributed by atoms with Crippen LogP contribution >= 0.6 is 22.9 Å². The molecule has 2 rings (SSSR count). The van der Waals surface area contributed by atoms with Crippen molar-refractivity contribution in [2.45, 2.75) is 32.7 Å². The summed E-state index contributed by atoms with van der Waals surface area (Å²) >= 11 is 7.40. The molecular weight excluding hydrogens is 310 g/mol. The van der Waals surface area contributed by atoms with Gasteiger partial charge < -0.3 is 5.32 Å². The molecule has 0 aliphatic rings. The second-order valence-electron chi connectivity index (χ2n) is 5.67. The monoisotopic (exact) mass is 325 g/mol. The van der Waals surface area contributed by atoms with Gasteiger partial charge in [0.05, 0.1) is 22.2 Å². The highest BCUT2D eigenvalue weighted by atomic mass is 35.5. The minimum Gasteiger partial charge on any atom is -0.379 e. The average molecular weight is 326 g/mol. The second-order valence-corrected chi connectivity index (χ2v) is 6.94. The van der Waals surface area contributed by atoms with Crippen molar-refractivity contribution in [3.8, 4) is 0 Å². The molecule has 0 bridgehead atoms. The van der Waals surface area contributed by atoms with Crippen LogP contribution in [0.4, 0.5) is 11.4 Å². The van der Waals surface area contributed by atoms with Gasteiger partial charge in [0.25, 0.3) is 5.69 Å². The third-order valence-corrected chi connectivity index (χ3v) is 4.45. The number of thiazole rings is 1. The van der Waals surface area contributed by atoms with Crippen LogP contribution in [0.2, 0.25) is 5.02 Å². The highest BCUT2D eigenvalue weighted by molar-refractivity contribution is 7.09. The van der Waals surface area contributed by atoms with Crippen molar-refractivity contribution in [1.29, 1.82) is 0 Å². The van der Waals surface area contributed by atoms with Gasteiger partial charge in [-0.2, -0.15) is 0 Å². The van der Waals surface area contributed by atoms with Crippen molar-refractivity contribution >= 4 is 34.3 Å². The average Bonchev–Trinajstić information content (AvgIpc) is 2.86. The quantitative estimate of drug-likeness (QED) is 0.658. The molecule has 0 radical (unpaired) electrons. The summed E-state index contributed by atoms with van der Waals surface area (Å²) in [4.78, 5) is 14.9. The first kappa shape index (κ1) is 15.7. The lowest BCUT2D eigenvalue weighted by atomic mass is 9.98. The molecule has 7 heteroatoms. The first-order valence-electron chi connectivity index (χ1n) is 6.40. The van der Waals surface area contributed by atoms with E-state index in [4.69, 9.17) is 11.6 Å². The van der Waals surface area contributed by atoms with Crippen molar-refractivity contribution in [2.24, 2.45) is 0 Å². The molecule has 0 aliphatic carbocycles. The number of nitrogens with one attached hydrogen (secondary N) is 1. The first-order chi connectivity index (χ1) is 9.77. The molecular formula is C14H16ClN3O2S. The predicted octanol–water partition coefficient (Wildman–Crippen LogP) is 4.61. The van der Waals surface area contributed by atoms with Crippen LogP contribution in [0.5, 0.6) is 0 Å². The van der Waals surface area contributed by atoms with Gasteiger partial charge in [-0.05, 0) is 12.1 Å². The third kappa shape index (κ3) is 3.92. The number of hydrogen-bond acceptors (Lipinski definition) is 5. The Morgan fingerprint density at radius 3 is 2.71 bits per heavy atom. The van der Waals surface area contributed by atoms with Gasteiger partial charge in [0.2, 0.25) is 0 Å². The molecule has 1 N–H and O–H groups in total. The summed E-state index contributed by atoms with van der Waals surface area (Å²) < 4.78 is 0. The molecule has 0 amide bonds. The molecule has 0 spiro atoms. The topological polar surface area (TPSA) is 68.1 Å². The Labute approximate surface area is 132 Å². The lowest BCUT2D eigenvalue weighted by molar-refractivity contribution is -0.384. The summed E-state index contributed by atoms with van der Waals surface area (Å²) in [5, 5.41) is 17.2. The number of aromatic nitrogens is 1. The molecule has 2 aromatic rings. The van der Waals surface area contributed by atoms with E-state index < -0.39 is 4.92 Å². The molecule has 0 aliphatic heterocycles. The van der Waals surface area contributed by atoms with E-state index in [1.165, 1.54) is 12.1 Å². The molecule has 0 atom stereocenters.